The highest BCUT2D eigenvalue weighted by molar-refractivity contribution is 6.17. The van der Waals surface area contributed by atoms with Crippen LogP contribution >= 0.6 is 0 Å². The zero-order valence-electron chi connectivity index (χ0n) is 14.8. The van der Waals surface area contributed by atoms with E-state index in [0.717, 1.165) is 21.9 Å². The minimum Gasteiger partial charge on any atom is -0.398 e. The van der Waals surface area contributed by atoms with Gasteiger partial charge in [-0.1, -0.05) is 97.1 Å². The van der Waals surface area contributed by atoms with Gasteiger partial charge in [0.15, 0.2) is 5.78 Å². The Kier molecular flexibility index (Phi) is 4.54. The third-order valence-corrected chi connectivity index (χ3v) is 4.68. The van der Waals surface area contributed by atoms with Crippen LogP contribution < -0.4 is 5.73 Å². The van der Waals surface area contributed by atoms with Gasteiger partial charge in [-0.05, 0) is 28.0 Å². The summed E-state index contributed by atoms with van der Waals surface area (Å²) in [6, 6.07) is 29.1. The SMILES string of the molecule is Nc1ccccc1/C=C\c1ccccc1C(=O)c1cccc2ccccc12. The number of benzene rings is 4. The lowest BCUT2D eigenvalue weighted by atomic mass is 9.94. The Labute approximate surface area is 158 Å². The molecule has 130 valence electrons. The summed E-state index contributed by atoms with van der Waals surface area (Å²) < 4.78 is 0. The van der Waals surface area contributed by atoms with Gasteiger partial charge < -0.3 is 5.73 Å². The van der Waals surface area contributed by atoms with Crippen LogP contribution in [0.5, 0.6) is 0 Å². The van der Waals surface area contributed by atoms with Gasteiger partial charge in [0.25, 0.3) is 0 Å². The van der Waals surface area contributed by atoms with Crippen molar-refractivity contribution < 1.29 is 4.79 Å². The fraction of sp³-hybridized carbons (Fsp3) is 0. The number of carbonyl (C=O) groups is 1. The maximum atomic E-state index is 13.3. The number of carbonyl (C=O) groups excluding carboxylic acids is 1. The Bertz CT molecular complexity index is 1150. The van der Waals surface area contributed by atoms with E-state index in [1.54, 1.807) is 0 Å². The molecule has 0 spiro atoms. The molecule has 0 amide bonds. The normalized spacial score (nSPS) is 11.1. The van der Waals surface area contributed by atoms with Gasteiger partial charge in [0.2, 0.25) is 0 Å². The molecule has 4 aromatic carbocycles. The number of hydrogen-bond donors (Lipinski definition) is 1. The van der Waals surface area contributed by atoms with E-state index in [-0.39, 0.29) is 5.78 Å². The maximum Gasteiger partial charge on any atom is 0.194 e. The Morgan fingerprint density at radius 1 is 0.630 bits per heavy atom. The molecule has 0 aliphatic heterocycles. The molecule has 0 radical (unpaired) electrons. The molecule has 0 fully saturated rings. The first-order chi connectivity index (χ1) is 13.2. The molecule has 2 N–H and O–H groups in total. The third-order valence-electron chi connectivity index (χ3n) is 4.68. The van der Waals surface area contributed by atoms with Crippen molar-refractivity contribution >= 4 is 34.4 Å². The van der Waals surface area contributed by atoms with Gasteiger partial charge in [0.05, 0.1) is 0 Å². The van der Waals surface area contributed by atoms with Crippen LogP contribution in [-0.4, -0.2) is 5.78 Å². The van der Waals surface area contributed by atoms with Crippen LogP contribution in [0.3, 0.4) is 0 Å². The third kappa shape index (κ3) is 3.38. The average Bonchev–Trinajstić information content (AvgIpc) is 2.72. The largest absolute Gasteiger partial charge is 0.398 e. The summed E-state index contributed by atoms with van der Waals surface area (Å²) in [7, 11) is 0. The molecule has 0 saturated carbocycles. The standard InChI is InChI=1S/C25H19NO/c26-24-15-6-3-10-20(24)17-16-19-9-2-5-13-22(19)25(27)23-14-7-11-18-8-1-4-12-21(18)23/h1-17H,26H2/b17-16-. The van der Waals surface area contributed by atoms with Crippen LogP contribution in [0.25, 0.3) is 22.9 Å². The van der Waals surface area contributed by atoms with E-state index < -0.39 is 0 Å². The van der Waals surface area contributed by atoms with Gasteiger partial charge in [0.1, 0.15) is 0 Å². The minimum atomic E-state index is 0.0214. The van der Waals surface area contributed by atoms with E-state index in [9.17, 15) is 4.79 Å². The van der Waals surface area contributed by atoms with E-state index in [1.807, 2.05) is 103 Å². The summed E-state index contributed by atoms with van der Waals surface area (Å²) in [5.74, 6) is 0.0214. The fourth-order valence-electron chi connectivity index (χ4n) is 3.26. The molecule has 0 aliphatic carbocycles. The molecule has 0 aromatic heterocycles. The zero-order valence-corrected chi connectivity index (χ0v) is 14.8. The molecular weight excluding hydrogens is 330 g/mol. The number of nitrogen functional groups attached to an aromatic ring is 1. The lowest BCUT2D eigenvalue weighted by Crippen LogP contribution is -2.04. The van der Waals surface area contributed by atoms with E-state index in [4.69, 9.17) is 5.73 Å². The molecule has 4 aromatic rings. The summed E-state index contributed by atoms with van der Waals surface area (Å²) in [6.45, 7) is 0. The van der Waals surface area contributed by atoms with Gasteiger partial charge in [-0.25, -0.2) is 0 Å². The lowest BCUT2D eigenvalue weighted by molar-refractivity contribution is 0.104. The molecule has 0 unspecified atom stereocenters. The Hall–Kier alpha value is -3.65. The highest BCUT2D eigenvalue weighted by Crippen LogP contribution is 2.24. The second-order valence-corrected chi connectivity index (χ2v) is 6.41. The van der Waals surface area contributed by atoms with Gasteiger partial charge in [-0.3, -0.25) is 4.79 Å². The van der Waals surface area contributed by atoms with E-state index in [1.165, 1.54) is 0 Å². The molecule has 2 nitrogen and oxygen atoms in total. The Balaban J connectivity index is 1.77. The number of ketones is 1. The second kappa shape index (κ2) is 7.30. The summed E-state index contributed by atoms with van der Waals surface area (Å²) in [5, 5.41) is 2.03. The van der Waals surface area contributed by atoms with Crippen molar-refractivity contribution in [3.05, 3.63) is 113 Å². The molecule has 0 bridgehead atoms. The number of rotatable bonds is 4. The number of anilines is 1. The van der Waals surface area contributed by atoms with Crippen molar-refractivity contribution in [3.8, 4) is 0 Å². The number of para-hydroxylation sites is 1. The van der Waals surface area contributed by atoms with Crippen molar-refractivity contribution in [1.29, 1.82) is 0 Å². The van der Waals surface area contributed by atoms with Crippen molar-refractivity contribution in [1.82, 2.24) is 0 Å². The van der Waals surface area contributed by atoms with Crippen LogP contribution in [0.4, 0.5) is 5.69 Å². The van der Waals surface area contributed by atoms with Crippen molar-refractivity contribution in [2.24, 2.45) is 0 Å². The van der Waals surface area contributed by atoms with E-state index >= 15 is 0 Å². The fourth-order valence-corrected chi connectivity index (χ4v) is 3.26. The van der Waals surface area contributed by atoms with Crippen LogP contribution in [0.15, 0.2) is 91.0 Å². The summed E-state index contributed by atoms with van der Waals surface area (Å²) in [4.78, 5) is 13.3. The van der Waals surface area contributed by atoms with Gasteiger partial charge in [-0.2, -0.15) is 0 Å². The molecule has 0 aliphatic rings. The van der Waals surface area contributed by atoms with Crippen LogP contribution in [-0.2, 0) is 0 Å². The monoisotopic (exact) mass is 349 g/mol. The minimum absolute atomic E-state index is 0.0214. The Morgan fingerprint density at radius 2 is 1.22 bits per heavy atom. The molecule has 2 heteroatoms. The summed E-state index contributed by atoms with van der Waals surface area (Å²) in [5.41, 5.74) is 9.94. The molecule has 27 heavy (non-hydrogen) atoms. The molecule has 0 saturated heterocycles. The highest BCUT2D eigenvalue weighted by Gasteiger charge is 2.14. The van der Waals surface area contributed by atoms with Gasteiger partial charge in [0, 0.05) is 16.8 Å². The van der Waals surface area contributed by atoms with Crippen molar-refractivity contribution in [2.75, 3.05) is 5.73 Å². The number of fused-ring (bicyclic) bond motifs is 1. The quantitative estimate of drug-likeness (QED) is 0.286. The highest BCUT2D eigenvalue weighted by atomic mass is 16.1. The van der Waals surface area contributed by atoms with Crippen molar-refractivity contribution in [3.63, 3.8) is 0 Å². The van der Waals surface area contributed by atoms with Crippen LogP contribution in [0.2, 0.25) is 0 Å². The van der Waals surface area contributed by atoms with E-state index in [0.29, 0.717) is 16.8 Å². The lowest BCUT2D eigenvalue weighted by Gasteiger charge is -2.09. The van der Waals surface area contributed by atoms with E-state index in [2.05, 4.69) is 0 Å². The van der Waals surface area contributed by atoms with Gasteiger partial charge in [-0.15, -0.1) is 0 Å². The number of hydrogen-bond acceptors (Lipinski definition) is 2. The van der Waals surface area contributed by atoms with Crippen molar-refractivity contribution in [2.45, 2.75) is 0 Å². The number of nitrogens with two attached hydrogens (primary N) is 1. The predicted molar refractivity (Wildman–Crippen MR) is 114 cm³/mol. The summed E-state index contributed by atoms with van der Waals surface area (Å²) in [6.07, 6.45) is 3.90. The zero-order chi connectivity index (χ0) is 18.6. The molecular formula is C25H19NO. The topological polar surface area (TPSA) is 43.1 Å². The average molecular weight is 349 g/mol. The maximum absolute atomic E-state index is 13.3. The smallest absolute Gasteiger partial charge is 0.194 e. The molecule has 4 rings (SSSR count). The summed E-state index contributed by atoms with van der Waals surface area (Å²) >= 11 is 0. The van der Waals surface area contributed by atoms with Crippen LogP contribution in [0.1, 0.15) is 27.0 Å². The first-order valence-corrected chi connectivity index (χ1v) is 8.88. The van der Waals surface area contributed by atoms with Crippen LogP contribution in [0, 0.1) is 0 Å². The van der Waals surface area contributed by atoms with Gasteiger partial charge >= 0.3 is 0 Å². The molecule has 0 heterocycles. The molecule has 0 atom stereocenters. The first-order valence-electron chi connectivity index (χ1n) is 8.88. The second-order valence-electron chi connectivity index (χ2n) is 6.41. The first kappa shape index (κ1) is 16.8. The predicted octanol–water partition coefficient (Wildman–Crippen LogP) is 5.82. The Morgan fingerprint density at radius 3 is 2.07 bits per heavy atom.